The maximum Gasteiger partial charge on any atom is 0.311 e. The topological polar surface area (TPSA) is 92.8 Å². The van der Waals surface area contributed by atoms with Crippen LogP contribution in [0.3, 0.4) is 0 Å². The van der Waals surface area contributed by atoms with E-state index >= 15 is 0 Å². The second-order valence-electron chi connectivity index (χ2n) is 7.69. The largest absolute Gasteiger partial charge is 0.457 e. The van der Waals surface area contributed by atoms with Gasteiger partial charge in [-0.3, -0.25) is 19.2 Å². The minimum atomic E-state index is -0.592. The van der Waals surface area contributed by atoms with E-state index in [1.165, 1.54) is 0 Å². The van der Waals surface area contributed by atoms with Crippen molar-refractivity contribution in [3.63, 3.8) is 0 Å². The van der Waals surface area contributed by atoms with Gasteiger partial charge in [0.1, 0.15) is 0 Å². The van der Waals surface area contributed by atoms with Crippen LogP contribution in [0.1, 0.15) is 34.3 Å². The number of Topliss-reactive ketones (excluding diaryl/α,β-unsaturated/α-hetero) is 1. The van der Waals surface area contributed by atoms with Gasteiger partial charge in [-0.25, -0.2) is 0 Å². The number of amides is 2. The first kappa shape index (κ1) is 19.8. The van der Waals surface area contributed by atoms with Crippen LogP contribution >= 0.6 is 0 Å². The van der Waals surface area contributed by atoms with Gasteiger partial charge < -0.3 is 15.0 Å². The van der Waals surface area contributed by atoms with Crippen LogP contribution in [-0.4, -0.2) is 36.7 Å². The zero-order valence-corrected chi connectivity index (χ0v) is 16.6. The van der Waals surface area contributed by atoms with E-state index in [4.69, 9.17) is 4.74 Å². The van der Waals surface area contributed by atoms with Gasteiger partial charge in [0.25, 0.3) is 0 Å². The van der Waals surface area contributed by atoms with E-state index in [1.54, 1.807) is 23.1 Å². The maximum absolute atomic E-state index is 12.5. The number of ether oxygens (including phenoxy) is 1. The number of anilines is 2. The third-order valence-corrected chi connectivity index (χ3v) is 5.47. The fraction of sp³-hybridized carbons (Fsp3) is 0.304. The summed E-state index contributed by atoms with van der Waals surface area (Å²) in [7, 11) is 0. The van der Waals surface area contributed by atoms with Crippen molar-refractivity contribution in [1.82, 2.24) is 0 Å². The number of nitrogens with zero attached hydrogens (tertiary/aromatic N) is 1. The Kier molecular flexibility index (Phi) is 5.35. The number of fused-ring (bicyclic) bond motifs is 1. The number of hydrogen-bond acceptors (Lipinski definition) is 5. The Morgan fingerprint density at radius 2 is 1.87 bits per heavy atom. The number of aryl methyl sites for hydroxylation is 2. The molecule has 1 N–H and O–H groups in total. The Balaban J connectivity index is 1.34. The first-order valence-corrected chi connectivity index (χ1v) is 9.90. The number of benzene rings is 2. The molecular formula is C23H22N2O5. The molecular weight excluding hydrogens is 384 g/mol. The number of esters is 1. The van der Waals surface area contributed by atoms with Gasteiger partial charge in [-0.1, -0.05) is 17.7 Å². The van der Waals surface area contributed by atoms with Gasteiger partial charge in [0, 0.05) is 36.3 Å². The van der Waals surface area contributed by atoms with Crippen LogP contribution in [0.15, 0.2) is 42.5 Å². The Morgan fingerprint density at radius 3 is 2.63 bits per heavy atom. The lowest BCUT2D eigenvalue weighted by Crippen LogP contribution is -2.27. The molecule has 7 heteroatoms. The van der Waals surface area contributed by atoms with E-state index in [-0.39, 0.29) is 37.2 Å². The number of hydrogen-bond donors (Lipinski definition) is 1. The third kappa shape index (κ3) is 4.10. The molecule has 0 spiro atoms. The molecule has 2 heterocycles. The molecule has 2 aliphatic rings. The molecule has 0 bridgehead atoms. The minimum absolute atomic E-state index is 0.0405. The monoisotopic (exact) mass is 406 g/mol. The van der Waals surface area contributed by atoms with E-state index in [2.05, 4.69) is 5.32 Å². The number of nitrogens with one attached hydrogen (secondary N) is 1. The smallest absolute Gasteiger partial charge is 0.311 e. The Labute approximate surface area is 174 Å². The highest BCUT2D eigenvalue weighted by atomic mass is 16.5. The van der Waals surface area contributed by atoms with E-state index < -0.39 is 11.9 Å². The van der Waals surface area contributed by atoms with Gasteiger partial charge >= 0.3 is 5.97 Å². The number of rotatable bonds is 5. The van der Waals surface area contributed by atoms with Crippen LogP contribution in [0, 0.1) is 12.8 Å². The normalized spacial score (nSPS) is 18.0. The molecule has 154 valence electrons. The van der Waals surface area contributed by atoms with E-state index in [0.29, 0.717) is 24.1 Å². The highest BCUT2D eigenvalue weighted by Crippen LogP contribution is 2.27. The van der Waals surface area contributed by atoms with E-state index in [0.717, 1.165) is 16.8 Å². The summed E-state index contributed by atoms with van der Waals surface area (Å²) in [6.07, 6.45) is 1.02. The molecule has 30 heavy (non-hydrogen) atoms. The van der Waals surface area contributed by atoms with E-state index in [9.17, 15) is 19.2 Å². The molecule has 0 aromatic heterocycles. The molecule has 0 saturated carbocycles. The van der Waals surface area contributed by atoms with Gasteiger partial charge in [0.05, 0.1) is 5.92 Å². The summed E-state index contributed by atoms with van der Waals surface area (Å²) in [4.78, 5) is 50.2. The Morgan fingerprint density at radius 1 is 1.10 bits per heavy atom. The summed E-state index contributed by atoms with van der Waals surface area (Å²) in [5.41, 5.74) is 3.87. The lowest BCUT2D eigenvalue weighted by Gasteiger charge is -2.17. The predicted octanol–water partition coefficient (Wildman–Crippen LogP) is 2.66. The zero-order valence-electron chi connectivity index (χ0n) is 16.6. The van der Waals surface area contributed by atoms with Crippen molar-refractivity contribution in [2.24, 2.45) is 5.92 Å². The van der Waals surface area contributed by atoms with Crippen LogP contribution in [0.2, 0.25) is 0 Å². The fourth-order valence-corrected chi connectivity index (χ4v) is 3.73. The highest BCUT2D eigenvalue weighted by Gasteiger charge is 2.36. The lowest BCUT2D eigenvalue weighted by molar-refractivity contribution is -0.147. The average molecular weight is 406 g/mol. The molecule has 2 aromatic rings. The van der Waals surface area contributed by atoms with Crippen LogP contribution in [0.5, 0.6) is 0 Å². The van der Waals surface area contributed by atoms with E-state index in [1.807, 2.05) is 31.2 Å². The molecule has 1 fully saturated rings. The first-order valence-electron chi connectivity index (χ1n) is 9.90. The molecule has 0 aliphatic carbocycles. The summed E-state index contributed by atoms with van der Waals surface area (Å²) >= 11 is 0. The second kappa shape index (κ2) is 8.10. The standard InChI is InChI=1S/C23H22N2O5/c1-14-2-6-18(7-3-14)25-12-17(11-22(25)28)23(29)30-13-20(26)16-4-8-19-15(10-16)5-9-21(27)24-19/h2-4,6-8,10,17H,5,9,11-13H2,1H3,(H,24,27)/t17-/m1/s1. The molecule has 0 radical (unpaired) electrons. The molecule has 2 amide bonds. The van der Waals surface area contributed by atoms with Gasteiger partial charge in [0.15, 0.2) is 12.4 Å². The third-order valence-electron chi connectivity index (χ3n) is 5.47. The average Bonchev–Trinajstić information content (AvgIpc) is 3.13. The van der Waals surface area contributed by atoms with Crippen LogP contribution in [-0.2, 0) is 25.5 Å². The quantitative estimate of drug-likeness (QED) is 0.609. The van der Waals surface area contributed by atoms with Crippen molar-refractivity contribution in [1.29, 1.82) is 0 Å². The lowest BCUT2D eigenvalue weighted by atomic mass is 9.99. The van der Waals surface area contributed by atoms with Gasteiger partial charge in [0.2, 0.25) is 11.8 Å². The van der Waals surface area contributed by atoms with Crippen molar-refractivity contribution in [2.45, 2.75) is 26.2 Å². The number of ketones is 1. The highest BCUT2D eigenvalue weighted by molar-refractivity contribution is 6.02. The first-order chi connectivity index (χ1) is 14.4. The summed E-state index contributed by atoms with van der Waals surface area (Å²) in [5, 5.41) is 2.77. The molecule has 4 rings (SSSR count). The fourth-order valence-electron chi connectivity index (χ4n) is 3.73. The van der Waals surface area contributed by atoms with Gasteiger partial charge in [-0.15, -0.1) is 0 Å². The van der Waals surface area contributed by atoms with Crippen molar-refractivity contribution < 1.29 is 23.9 Å². The van der Waals surface area contributed by atoms with Gasteiger partial charge in [-0.05, 0) is 49.2 Å². The zero-order chi connectivity index (χ0) is 21.3. The Bertz CT molecular complexity index is 1030. The van der Waals surface area contributed by atoms with Crippen molar-refractivity contribution >= 4 is 34.9 Å². The SMILES string of the molecule is Cc1ccc(N2C[C@H](C(=O)OCC(=O)c3ccc4c(c3)CCC(=O)N4)CC2=O)cc1. The predicted molar refractivity (Wildman–Crippen MR) is 110 cm³/mol. The molecule has 7 nitrogen and oxygen atoms in total. The summed E-state index contributed by atoms with van der Waals surface area (Å²) in [5.74, 6) is -1.63. The van der Waals surface area contributed by atoms with Crippen LogP contribution in [0.4, 0.5) is 11.4 Å². The minimum Gasteiger partial charge on any atom is -0.457 e. The van der Waals surface area contributed by atoms with Crippen LogP contribution in [0.25, 0.3) is 0 Å². The number of carbonyl (C=O) groups is 4. The van der Waals surface area contributed by atoms with Gasteiger partial charge in [-0.2, -0.15) is 0 Å². The molecule has 2 aliphatic heterocycles. The van der Waals surface area contributed by atoms with Crippen molar-refractivity contribution in [3.8, 4) is 0 Å². The summed E-state index contributed by atoms with van der Waals surface area (Å²) in [6, 6.07) is 12.6. The molecule has 2 aromatic carbocycles. The molecule has 0 unspecified atom stereocenters. The van der Waals surface area contributed by atoms with Crippen molar-refractivity contribution in [3.05, 3.63) is 59.2 Å². The van der Waals surface area contributed by atoms with Crippen LogP contribution < -0.4 is 10.2 Å². The molecule has 1 saturated heterocycles. The van der Waals surface area contributed by atoms with Crippen molar-refractivity contribution in [2.75, 3.05) is 23.4 Å². The summed E-state index contributed by atoms with van der Waals surface area (Å²) in [6.45, 7) is 1.83. The summed E-state index contributed by atoms with van der Waals surface area (Å²) < 4.78 is 5.22. The Hall–Kier alpha value is -3.48. The number of carbonyl (C=O) groups excluding carboxylic acids is 4. The maximum atomic E-state index is 12.5. The molecule has 1 atom stereocenters. The second-order valence-corrected chi connectivity index (χ2v) is 7.69.